The minimum atomic E-state index is -0.159. The number of carbonyl (C=O) groups is 2. The lowest BCUT2D eigenvalue weighted by atomic mass is 9.99. The predicted molar refractivity (Wildman–Crippen MR) is 102 cm³/mol. The van der Waals surface area contributed by atoms with Gasteiger partial charge in [-0.1, -0.05) is 24.8 Å². The summed E-state index contributed by atoms with van der Waals surface area (Å²) < 4.78 is 5.84. The van der Waals surface area contributed by atoms with Gasteiger partial charge in [-0.3, -0.25) is 9.59 Å². The van der Waals surface area contributed by atoms with Gasteiger partial charge in [-0.2, -0.15) is 0 Å². The minimum Gasteiger partial charge on any atom is -0.439 e. The Balaban J connectivity index is 1.49. The van der Waals surface area contributed by atoms with Gasteiger partial charge in [0.25, 0.3) is 0 Å². The number of aromatic nitrogens is 1. The van der Waals surface area contributed by atoms with E-state index in [1.54, 1.807) is 17.2 Å². The fraction of sp³-hybridized carbons (Fsp3) is 0.286. The van der Waals surface area contributed by atoms with Crippen molar-refractivity contribution in [2.24, 2.45) is 5.92 Å². The summed E-state index contributed by atoms with van der Waals surface area (Å²) in [6.07, 6.45) is 2.96. The number of ether oxygens (including phenoxy) is 1. The van der Waals surface area contributed by atoms with Crippen molar-refractivity contribution in [3.63, 3.8) is 0 Å². The third-order valence-corrected chi connectivity index (χ3v) is 4.56. The summed E-state index contributed by atoms with van der Waals surface area (Å²) in [5, 5.41) is 2.88. The van der Waals surface area contributed by atoms with E-state index in [0.29, 0.717) is 25.5 Å². The average Bonchev–Trinajstić information content (AvgIpc) is 2.62. The monoisotopic (exact) mass is 365 g/mol. The third kappa shape index (κ3) is 4.53. The molecule has 2 aromatic rings. The maximum Gasteiger partial charge on any atom is 0.246 e. The molecular weight excluding hydrogens is 342 g/mol. The number of pyridine rings is 1. The summed E-state index contributed by atoms with van der Waals surface area (Å²) in [5.74, 6) is 0.943. The first kappa shape index (κ1) is 18.6. The zero-order valence-corrected chi connectivity index (χ0v) is 15.6. The number of benzene rings is 1. The quantitative estimate of drug-likeness (QED) is 0.799. The molecule has 6 nitrogen and oxygen atoms in total. The fourth-order valence-electron chi connectivity index (χ4n) is 2.79. The lowest BCUT2D eigenvalue weighted by Crippen LogP contribution is -2.55. The molecule has 0 unspecified atom stereocenters. The van der Waals surface area contributed by atoms with E-state index in [-0.39, 0.29) is 17.7 Å². The number of carbonyl (C=O) groups excluding carboxylic acids is 2. The molecule has 3 rings (SSSR count). The maximum absolute atomic E-state index is 12.1. The van der Waals surface area contributed by atoms with Gasteiger partial charge >= 0.3 is 0 Å². The Kier molecular flexibility index (Phi) is 5.54. The van der Waals surface area contributed by atoms with Gasteiger partial charge in [-0.05, 0) is 42.7 Å². The maximum atomic E-state index is 12.1. The molecule has 27 heavy (non-hydrogen) atoms. The van der Waals surface area contributed by atoms with Crippen LogP contribution in [0.4, 0.5) is 0 Å². The standard InChI is InChI=1S/C21H23N3O3/c1-4-20(25)24-12-17(13-24)21(26)23-11-16-7-8-19(22-10-16)27-18-9-14(2)5-6-15(18)3/h4-10,17H,1,11-13H2,2-3H3,(H,23,26). The van der Waals surface area contributed by atoms with Crippen LogP contribution in [0.15, 0.2) is 49.2 Å². The first-order valence-corrected chi connectivity index (χ1v) is 8.85. The Bertz CT molecular complexity index is 855. The zero-order valence-electron chi connectivity index (χ0n) is 15.6. The summed E-state index contributed by atoms with van der Waals surface area (Å²) in [6.45, 7) is 8.72. The number of rotatable bonds is 6. The Hall–Kier alpha value is -3.15. The molecule has 140 valence electrons. The Morgan fingerprint density at radius 2 is 2.07 bits per heavy atom. The second kappa shape index (κ2) is 8.03. The molecule has 1 aliphatic rings. The first-order chi connectivity index (χ1) is 13.0. The minimum absolute atomic E-state index is 0.0566. The van der Waals surface area contributed by atoms with E-state index in [0.717, 1.165) is 22.4 Å². The fourth-order valence-corrected chi connectivity index (χ4v) is 2.79. The van der Waals surface area contributed by atoms with Gasteiger partial charge in [0, 0.05) is 31.9 Å². The molecule has 6 heteroatoms. The molecule has 1 fully saturated rings. The molecule has 1 N–H and O–H groups in total. The molecule has 1 aliphatic heterocycles. The highest BCUT2D eigenvalue weighted by Crippen LogP contribution is 2.24. The normalized spacial score (nSPS) is 13.6. The van der Waals surface area contributed by atoms with Crippen LogP contribution in [0.2, 0.25) is 0 Å². The SMILES string of the molecule is C=CC(=O)N1CC(C(=O)NCc2ccc(Oc3cc(C)ccc3C)nc2)C1. The van der Waals surface area contributed by atoms with Crippen molar-refractivity contribution in [2.75, 3.05) is 13.1 Å². The van der Waals surface area contributed by atoms with Gasteiger partial charge in [0.05, 0.1) is 5.92 Å². The van der Waals surface area contributed by atoms with E-state index < -0.39 is 0 Å². The summed E-state index contributed by atoms with van der Waals surface area (Å²) in [6, 6.07) is 9.69. The molecule has 0 radical (unpaired) electrons. The van der Waals surface area contributed by atoms with Crippen molar-refractivity contribution in [1.29, 1.82) is 0 Å². The summed E-state index contributed by atoms with van der Waals surface area (Å²) in [7, 11) is 0. The molecule has 0 atom stereocenters. The highest BCUT2D eigenvalue weighted by atomic mass is 16.5. The topological polar surface area (TPSA) is 71.5 Å². The van der Waals surface area contributed by atoms with Crippen LogP contribution in [-0.4, -0.2) is 34.8 Å². The molecule has 1 saturated heterocycles. The number of amides is 2. The molecule has 0 saturated carbocycles. The number of nitrogens with one attached hydrogen (secondary N) is 1. The Morgan fingerprint density at radius 3 is 2.74 bits per heavy atom. The molecule has 0 aliphatic carbocycles. The van der Waals surface area contributed by atoms with Crippen molar-refractivity contribution in [3.8, 4) is 11.6 Å². The van der Waals surface area contributed by atoms with Crippen molar-refractivity contribution < 1.29 is 14.3 Å². The second-order valence-corrected chi connectivity index (χ2v) is 6.74. The van der Waals surface area contributed by atoms with Crippen LogP contribution in [0.5, 0.6) is 11.6 Å². The molecule has 1 aromatic heterocycles. The molecule has 0 bridgehead atoms. The molecule has 0 spiro atoms. The molecule has 1 aromatic carbocycles. The van der Waals surface area contributed by atoms with Crippen LogP contribution >= 0.6 is 0 Å². The Morgan fingerprint density at radius 1 is 1.30 bits per heavy atom. The van der Waals surface area contributed by atoms with Crippen LogP contribution in [0.1, 0.15) is 16.7 Å². The summed E-state index contributed by atoms with van der Waals surface area (Å²) >= 11 is 0. The van der Waals surface area contributed by atoms with E-state index in [1.165, 1.54) is 6.08 Å². The largest absolute Gasteiger partial charge is 0.439 e. The van der Waals surface area contributed by atoms with Crippen LogP contribution in [-0.2, 0) is 16.1 Å². The zero-order chi connectivity index (χ0) is 19.4. The van der Waals surface area contributed by atoms with Gasteiger partial charge in [0.15, 0.2) is 0 Å². The first-order valence-electron chi connectivity index (χ1n) is 8.85. The summed E-state index contributed by atoms with van der Waals surface area (Å²) in [4.78, 5) is 29.4. The predicted octanol–water partition coefficient (Wildman–Crippen LogP) is 2.75. The highest BCUT2D eigenvalue weighted by Gasteiger charge is 2.34. The number of hydrogen-bond donors (Lipinski definition) is 1. The lowest BCUT2D eigenvalue weighted by molar-refractivity contribution is -0.139. The number of aryl methyl sites for hydroxylation is 2. The van der Waals surface area contributed by atoms with E-state index in [2.05, 4.69) is 16.9 Å². The van der Waals surface area contributed by atoms with Gasteiger partial charge in [-0.25, -0.2) is 4.98 Å². The van der Waals surface area contributed by atoms with E-state index >= 15 is 0 Å². The van der Waals surface area contributed by atoms with Crippen LogP contribution in [0, 0.1) is 19.8 Å². The van der Waals surface area contributed by atoms with Crippen LogP contribution in [0.3, 0.4) is 0 Å². The molecule has 2 heterocycles. The Labute approximate surface area is 158 Å². The van der Waals surface area contributed by atoms with E-state index in [9.17, 15) is 9.59 Å². The van der Waals surface area contributed by atoms with Crippen molar-refractivity contribution >= 4 is 11.8 Å². The smallest absolute Gasteiger partial charge is 0.246 e. The average molecular weight is 365 g/mol. The summed E-state index contributed by atoms with van der Waals surface area (Å²) in [5.41, 5.74) is 3.05. The van der Waals surface area contributed by atoms with Gasteiger partial charge in [-0.15, -0.1) is 0 Å². The van der Waals surface area contributed by atoms with Crippen molar-refractivity contribution in [3.05, 3.63) is 65.9 Å². The number of likely N-dealkylation sites (tertiary alicyclic amines) is 1. The van der Waals surface area contributed by atoms with E-state index in [1.807, 2.05) is 38.1 Å². The van der Waals surface area contributed by atoms with Crippen molar-refractivity contribution in [1.82, 2.24) is 15.2 Å². The number of hydrogen-bond acceptors (Lipinski definition) is 4. The number of nitrogens with zero attached hydrogens (tertiary/aromatic N) is 2. The van der Waals surface area contributed by atoms with Gasteiger partial charge in [0.2, 0.25) is 17.7 Å². The second-order valence-electron chi connectivity index (χ2n) is 6.74. The molecular formula is C21H23N3O3. The highest BCUT2D eigenvalue weighted by molar-refractivity contribution is 5.90. The third-order valence-electron chi connectivity index (χ3n) is 4.56. The van der Waals surface area contributed by atoms with Gasteiger partial charge in [0.1, 0.15) is 5.75 Å². The van der Waals surface area contributed by atoms with Crippen LogP contribution < -0.4 is 10.1 Å². The van der Waals surface area contributed by atoms with E-state index in [4.69, 9.17) is 4.74 Å². The van der Waals surface area contributed by atoms with Gasteiger partial charge < -0.3 is 15.0 Å². The molecule has 2 amide bonds. The lowest BCUT2D eigenvalue weighted by Gasteiger charge is -2.37. The van der Waals surface area contributed by atoms with Crippen molar-refractivity contribution in [2.45, 2.75) is 20.4 Å². The van der Waals surface area contributed by atoms with Crippen LogP contribution in [0.25, 0.3) is 0 Å².